The molecule has 2 amide bonds. The Hall–Kier alpha value is -3.22. The normalized spacial score (nSPS) is 12.8. The quantitative estimate of drug-likeness (QED) is 0.653. The van der Waals surface area contributed by atoms with Gasteiger partial charge in [0.05, 0.1) is 25.1 Å². The highest BCUT2D eigenvalue weighted by Gasteiger charge is 2.25. The van der Waals surface area contributed by atoms with Crippen molar-refractivity contribution >= 4 is 23.2 Å². The van der Waals surface area contributed by atoms with Crippen LogP contribution in [0.2, 0.25) is 0 Å². The summed E-state index contributed by atoms with van der Waals surface area (Å²) in [5.74, 6) is 1.49. The number of para-hydroxylation sites is 2. The number of amides is 2. The van der Waals surface area contributed by atoms with E-state index in [1.165, 1.54) is 0 Å². The van der Waals surface area contributed by atoms with Gasteiger partial charge in [0.1, 0.15) is 17.2 Å². The standard InChI is InChI=1S/C22H26N2O5/c1-3-4-13-28-19-10-9-16(27-2)14-17(19)23-21(25)11-12-24-18-7-5-6-8-20(18)29-15-22(24)26/h5-10,14H,3-4,11-13,15H2,1-2H3,(H,23,25). The summed E-state index contributed by atoms with van der Waals surface area (Å²) in [7, 11) is 1.57. The van der Waals surface area contributed by atoms with Crippen LogP contribution < -0.4 is 24.4 Å². The molecule has 1 aliphatic heterocycles. The Morgan fingerprint density at radius 1 is 1.24 bits per heavy atom. The molecule has 0 fully saturated rings. The molecule has 1 heterocycles. The maximum atomic E-state index is 12.6. The van der Waals surface area contributed by atoms with Gasteiger partial charge >= 0.3 is 0 Å². The summed E-state index contributed by atoms with van der Waals surface area (Å²) in [6, 6.07) is 12.6. The number of nitrogens with one attached hydrogen (secondary N) is 1. The first kappa shape index (κ1) is 20.5. The van der Waals surface area contributed by atoms with E-state index in [1.807, 2.05) is 24.3 Å². The summed E-state index contributed by atoms with van der Waals surface area (Å²) in [4.78, 5) is 26.4. The lowest BCUT2D eigenvalue weighted by Crippen LogP contribution is -2.40. The topological polar surface area (TPSA) is 77.1 Å². The van der Waals surface area contributed by atoms with Gasteiger partial charge in [0.2, 0.25) is 5.91 Å². The lowest BCUT2D eigenvalue weighted by atomic mass is 10.2. The van der Waals surface area contributed by atoms with Crippen LogP contribution in [-0.4, -0.2) is 38.7 Å². The lowest BCUT2D eigenvalue weighted by molar-refractivity contribution is -0.121. The van der Waals surface area contributed by atoms with Gasteiger partial charge in [0, 0.05) is 19.0 Å². The highest BCUT2D eigenvalue weighted by molar-refractivity contribution is 5.99. The maximum absolute atomic E-state index is 12.6. The number of methoxy groups -OCH3 is 1. The molecule has 0 radical (unpaired) electrons. The molecular formula is C22H26N2O5. The zero-order valence-corrected chi connectivity index (χ0v) is 16.8. The van der Waals surface area contributed by atoms with Crippen molar-refractivity contribution in [3.63, 3.8) is 0 Å². The van der Waals surface area contributed by atoms with Gasteiger partial charge in [-0.25, -0.2) is 0 Å². The van der Waals surface area contributed by atoms with Crippen molar-refractivity contribution in [1.82, 2.24) is 0 Å². The minimum atomic E-state index is -0.213. The van der Waals surface area contributed by atoms with Crippen LogP contribution in [0.15, 0.2) is 42.5 Å². The van der Waals surface area contributed by atoms with E-state index < -0.39 is 0 Å². The molecule has 0 aromatic heterocycles. The van der Waals surface area contributed by atoms with Gasteiger partial charge in [0.25, 0.3) is 5.91 Å². The second-order valence-electron chi connectivity index (χ2n) is 6.66. The zero-order valence-electron chi connectivity index (χ0n) is 16.8. The Labute approximate surface area is 170 Å². The van der Waals surface area contributed by atoms with Crippen LogP contribution in [0.1, 0.15) is 26.2 Å². The lowest BCUT2D eigenvalue weighted by Gasteiger charge is -2.29. The Bertz CT molecular complexity index is 868. The van der Waals surface area contributed by atoms with Crippen LogP contribution in [0.25, 0.3) is 0 Å². The summed E-state index contributed by atoms with van der Waals surface area (Å²) in [5.41, 5.74) is 1.24. The van der Waals surface area contributed by atoms with Crippen molar-refractivity contribution in [3.8, 4) is 17.2 Å². The molecular weight excluding hydrogens is 372 g/mol. The molecule has 3 rings (SSSR count). The number of unbranched alkanes of at least 4 members (excludes halogenated alkanes) is 1. The first-order chi connectivity index (χ1) is 14.1. The summed E-state index contributed by atoms with van der Waals surface area (Å²) >= 11 is 0. The molecule has 154 valence electrons. The smallest absolute Gasteiger partial charge is 0.265 e. The maximum Gasteiger partial charge on any atom is 0.265 e. The van der Waals surface area contributed by atoms with E-state index >= 15 is 0 Å². The van der Waals surface area contributed by atoms with Crippen LogP contribution in [0.4, 0.5) is 11.4 Å². The molecule has 2 aromatic rings. The number of benzene rings is 2. The van der Waals surface area contributed by atoms with Crippen molar-refractivity contribution in [2.24, 2.45) is 0 Å². The van der Waals surface area contributed by atoms with Gasteiger partial charge in [-0.3, -0.25) is 9.59 Å². The van der Waals surface area contributed by atoms with Crippen molar-refractivity contribution < 1.29 is 23.8 Å². The summed E-state index contributed by atoms with van der Waals surface area (Å²) in [5, 5.41) is 2.88. The van der Waals surface area contributed by atoms with Crippen molar-refractivity contribution in [2.45, 2.75) is 26.2 Å². The number of rotatable bonds is 9. The first-order valence-electron chi connectivity index (χ1n) is 9.75. The van der Waals surface area contributed by atoms with Crippen LogP contribution in [0, 0.1) is 0 Å². The fraction of sp³-hybridized carbons (Fsp3) is 0.364. The van der Waals surface area contributed by atoms with Crippen LogP contribution in [0.3, 0.4) is 0 Å². The third kappa shape index (κ3) is 5.19. The van der Waals surface area contributed by atoms with E-state index in [0.717, 1.165) is 12.8 Å². The number of hydrogen-bond acceptors (Lipinski definition) is 5. The van der Waals surface area contributed by atoms with Gasteiger partial charge in [-0.1, -0.05) is 25.5 Å². The molecule has 0 saturated carbocycles. The van der Waals surface area contributed by atoms with Crippen molar-refractivity contribution in [3.05, 3.63) is 42.5 Å². The fourth-order valence-corrected chi connectivity index (χ4v) is 3.01. The van der Waals surface area contributed by atoms with Crippen LogP contribution in [-0.2, 0) is 9.59 Å². The average molecular weight is 398 g/mol. The molecule has 0 unspecified atom stereocenters. The van der Waals surface area contributed by atoms with Gasteiger partial charge in [0.15, 0.2) is 6.61 Å². The Balaban J connectivity index is 1.65. The van der Waals surface area contributed by atoms with Gasteiger partial charge in [-0.2, -0.15) is 0 Å². The second-order valence-corrected chi connectivity index (χ2v) is 6.66. The third-order valence-electron chi connectivity index (χ3n) is 4.59. The number of anilines is 2. The third-order valence-corrected chi connectivity index (χ3v) is 4.59. The summed E-state index contributed by atoms with van der Waals surface area (Å²) in [6.45, 7) is 2.90. The number of ether oxygens (including phenoxy) is 3. The summed E-state index contributed by atoms with van der Waals surface area (Å²) < 4.78 is 16.5. The number of carbonyl (C=O) groups is 2. The Kier molecular flexibility index (Phi) is 6.94. The van der Waals surface area contributed by atoms with Crippen LogP contribution in [0.5, 0.6) is 17.2 Å². The summed E-state index contributed by atoms with van der Waals surface area (Å²) in [6.07, 6.45) is 2.09. The van der Waals surface area contributed by atoms with E-state index in [0.29, 0.717) is 35.2 Å². The number of hydrogen-bond donors (Lipinski definition) is 1. The first-order valence-corrected chi connectivity index (χ1v) is 9.75. The molecule has 0 aliphatic carbocycles. The second kappa shape index (κ2) is 9.82. The Morgan fingerprint density at radius 2 is 2.07 bits per heavy atom. The van der Waals surface area contributed by atoms with Gasteiger partial charge in [-0.15, -0.1) is 0 Å². The number of nitrogens with zero attached hydrogens (tertiary/aromatic N) is 1. The molecule has 7 nitrogen and oxygen atoms in total. The predicted octanol–water partition coefficient (Wildman–Crippen LogP) is 3.63. The number of carbonyl (C=O) groups excluding carboxylic acids is 2. The molecule has 7 heteroatoms. The molecule has 1 aliphatic rings. The zero-order chi connectivity index (χ0) is 20.6. The fourth-order valence-electron chi connectivity index (χ4n) is 3.01. The minimum absolute atomic E-state index is 0.0239. The van der Waals surface area contributed by atoms with E-state index in [4.69, 9.17) is 14.2 Å². The van der Waals surface area contributed by atoms with E-state index in [9.17, 15) is 9.59 Å². The molecule has 29 heavy (non-hydrogen) atoms. The largest absolute Gasteiger partial charge is 0.497 e. The minimum Gasteiger partial charge on any atom is -0.497 e. The number of fused-ring (bicyclic) bond motifs is 1. The Morgan fingerprint density at radius 3 is 2.86 bits per heavy atom. The molecule has 0 bridgehead atoms. The molecule has 0 spiro atoms. The highest BCUT2D eigenvalue weighted by atomic mass is 16.5. The molecule has 0 atom stereocenters. The van der Waals surface area contributed by atoms with E-state index in [2.05, 4.69) is 12.2 Å². The molecule has 1 N–H and O–H groups in total. The van der Waals surface area contributed by atoms with E-state index in [-0.39, 0.29) is 31.4 Å². The van der Waals surface area contributed by atoms with Crippen molar-refractivity contribution in [1.29, 1.82) is 0 Å². The van der Waals surface area contributed by atoms with E-state index in [1.54, 1.807) is 30.2 Å². The van der Waals surface area contributed by atoms with Crippen LogP contribution >= 0.6 is 0 Å². The van der Waals surface area contributed by atoms with Gasteiger partial charge in [-0.05, 0) is 30.7 Å². The monoisotopic (exact) mass is 398 g/mol. The van der Waals surface area contributed by atoms with Crippen molar-refractivity contribution in [2.75, 3.05) is 37.1 Å². The average Bonchev–Trinajstić information content (AvgIpc) is 2.74. The molecule has 2 aromatic carbocycles. The SMILES string of the molecule is CCCCOc1ccc(OC)cc1NC(=O)CCN1C(=O)COc2ccccc21. The van der Waals surface area contributed by atoms with Gasteiger partial charge < -0.3 is 24.4 Å². The molecule has 0 saturated heterocycles. The predicted molar refractivity (Wildman–Crippen MR) is 111 cm³/mol. The highest BCUT2D eigenvalue weighted by Crippen LogP contribution is 2.32.